The van der Waals surface area contributed by atoms with E-state index in [1.165, 1.54) is 16.7 Å². The first-order valence-electron chi connectivity index (χ1n) is 7.10. The van der Waals surface area contributed by atoms with Crippen molar-refractivity contribution in [2.45, 2.75) is 26.9 Å². The average Bonchev–Trinajstić information content (AvgIpc) is 2.42. The SMILES string of the molecule is CCNc1cc(CN(C)Cc2ccc(C)cc2)ccn1. The number of pyridine rings is 1. The van der Waals surface area contributed by atoms with Gasteiger partial charge in [0.05, 0.1) is 0 Å². The third-order valence-corrected chi connectivity index (χ3v) is 3.21. The number of anilines is 1. The highest BCUT2D eigenvalue weighted by atomic mass is 15.1. The molecule has 106 valence electrons. The van der Waals surface area contributed by atoms with Gasteiger partial charge in [0.1, 0.15) is 5.82 Å². The summed E-state index contributed by atoms with van der Waals surface area (Å²) in [5, 5.41) is 3.25. The number of hydrogen-bond acceptors (Lipinski definition) is 3. The van der Waals surface area contributed by atoms with E-state index in [-0.39, 0.29) is 0 Å². The lowest BCUT2D eigenvalue weighted by Gasteiger charge is -2.17. The smallest absolute Gasteiger partial charge is 0.126 e. The van der Waals surface area contributed by atoms with Crippen LogP contribution in [0.3, 0.4) is 0 Å². The maximum absolute atomic E-state index is 4.30. The molecule has 0 amide bonds. The highest BCUT2D eigenvalue weighted by Crippen LogP contribution is 2.11. The number of nitrogens with one attached hydrogen (secondary N) is 1. The Morgan fingerprint density at radius 3 is 2.45 bits per heavy atom. The van der Waals surface area contributed by atoms with Crippen molar-refractivity contribution in [3.63, 3.8) is 0 Å². The molecule has 1 aromatic carbocycles. The van der Waals surface area contributed by atoms with Crippen LogP contribution in [0.2, 0.25) is 0 Å². The van der Waals surface area contributed by atoms with E-state index in [1.54, 1.807) is 0 Å². The topological polar surface area (TPSA) is 28.2 Å². The van der Waals surface area contributed by atoms with E-state index in [9.17, 15) is 0 Å². The van der Waals surface area contributed by atoms with Crippen LogP contribution in [0.4, 0.5) is 5.82 Å². The second-order valence-corrected chi connectivity index (χ2v) is 5.24. The first-order valence-corrected chi connectivity index (χ1v) is 7.10. The molecule has 1 heterocycles. The highest BCUT2D eigenvalue weighted by molar-refractivity contribution is 5.37. The normalized spacial score (nSPS) is 10.8. The predicted molar refractivity (Wildman–Crippen MR) is 84.8 cm³/mol. The van der Waals surface area contributed by atoms with Gasteiger partial charge in [-0.15, -0.1) is 0 Å². The average molecular weight is 269 g/mol. The molecular formula is C17H23N3. The van der Waals surface area contributed by atoms with Crippen molar-refractivity contribution in [1.82, 2.24) is 9.88 Å². The zero-order valence-corrected chi connectivity index (χ0v) is 12.6. The molecule has 0 spiro atoms. The Labute approximate surface area is 121 Å². The van der Waals surface area contributed by atoms with Gasteiger partial charge in [-0.25, -0.2) is 4.98 Å². The van der Waals surface area contributed by atoms with E-state index in [1.807, 2.05) is 6.20 Å². The first-order chi connectivity index (χ1) is 9.67. The molecule has 0 unspecified atom stereocenters. The molecule has 0 bridgehead atoms. The minimum Gasteiger partial charge on any atom is -0.370 e. The number of benzene rings is 1. The summed E-state index contributed by atoms with van der Waals surface area (Å²) in [5.41, 5.74) is 3.94. The van der Waals surface area contributed by atoms with Gasteiger partial charge in [0, 0.05) is 25.8 Å². The summed E-state index contributed by atoms with van der Waals surface area (Å²) in [6, 6.07) is 12.9. The van der Waals surface area contributed by atoms with Gasteiger partial charge in [-0.1, -0.05) is 29.8 Å². The number of aromatic nitrogens is 1. The quantitative estimate of drug-likeness (QED) is 0.870. The van der Waals surface area contributed by atoms with E-state index in [0.29, 0.717) is 0 Å². The summed E-state index contributed by atoms with van der Waals surface area (Å²) in [6.07, 6.45) is 1.87. The fourth-order valence-corrected chi connectivity index (χ4v) is 2.22. The van der Waals surface area contributed by atoms with Gasteiger partial charge in [0.2, 0.25) is 0 Å². The van der Waals surface area contributed by atoms with Crippen LogP contribution in [0.5, 0.6) is 0 Å². The summed E-state index contributed by atoms with van der Waals surface area (Å²) < 4.78 is 0. The van der Waals surface area contributed by atoms with Crippen LogP contribution in [0.15, 0.2) is 42.6 Å². The monoisotopic (exact) mass is 269 g/mol. The summed E-state index contributed by atoms with van der Waals surface area (Å²) in [4.78, 5) is 6.62. The molecular weight excluding hydrogens is 246 g/mol. The van der Waals surface area contributed by atoms with Crippen molar-refractivity contribution in [3.8, 4) is 0 Å². The van der Waals surface area contributed by atoms with Crippen LogP contribution in [0.1, 0.15) is 23.6 Å². The number of nitrogens with zero attached hydrogens (tertiary/aromatic N) is 2. The van der Waals surface area contributed by atoms with Crippen LogP contribution in [0, 0.1) is 6.92 Å². The summed E-state index contributed by atoms with van der Waals surface area (Å²) in [6.45, 7) is 6.98. The highest BCUT2D eigenvalue weighted by Gasteiger charge is 2.03. The van der Waals surface area contributed by atoms with Gasteiger partial charge in [-0.05, 0) is 44.2 Å². The predicted octanol–water partition coefficient (Wildman–Crippen LogP) is 3.45. The number of hydrogen-bond donors (Lipinski definition) is 1. The summed E-state index contributed by atoms with van der Waals surface area (Å²) >= 11 is 0. The third-order valence-electron chi connectivity index (χ3n) is 3.21. The van der Waals surface area contributed by atoms with E-state index in [4.69, 9.17) is 0 Å². The lowest BCUT2D eigenvalue weighted by molar-refractivity contribution is 0.319. The zero-order chi connectivity index (χ0) is 14.4. The second-order valence-electron chi connectivity index (χ2n) is 5.24. The fraction of sp³-hybridized carbons (Fsp3) is 0.353. The molecule has 1 N–H and O–H groups in total. The van der Waals surface area contributed by atoms with Gasteiger partial charge < -0.3 is 5.32 Å². The Balaban J connectivity index is 1.95. The molecule has 3 nitrogen and oxygen atoms in total. The number of aryl methyl sites for hydroxylation is 1. The molecule has 0 saturated heterocycles. The minimum absolute atomic E-state index is 0.898. The zero-order valence-electron chi connectivity index (χ0n) is 12.6. The molecule has 2 rings (SSSR count). The van der Waals surface area contributed by atoms with Crippen molar-refractivity contribution in [2.24, 2.45) is 0 Å². The second kappa shape index (κ2) is 7.06. The summed E-state index contributed by atoms with van der Waals surface area (Å²) in [7, 11) is 2.15. The van der Waals surface area contributed by atoms with Crippen LogP contribution in [0.25, 0.3) is 0 Å². The number of rotatable bonds is 6. The van der Waals surface area contributed by atoms with Gasteiger partial charge in [-0.3, -0.25) is 4.90 Å². The molecule has 0 radical (unpaired) electrons. The molecule has 0 aliphatic rings. The van der Waals surface area contributed by atoms with Crippen LogP contribution >= 0.6 is 0 Å². The molecule has 3 heteroatoms. The Bertz CT molecular complexity index is 534. The molecule has 1 aromatic heterocycles. The van der Waals surface area contributed by atoms with Gasteiger partial charge in [0.25, 0.3) is 0 Å². The maximum atomic E-state index is 4.30. The lowest BCUT2D eigenvalue weighted by Crippen LogP contribution is -2.17. The Morgan fingerprint density at radius 2 is 1.75 bits per heavy atom. The summed E-state index contributed by atoms with van der Waals surface area (Å²) in [5.74, 6) is 0.953. The molecule has 0 aliphatic carbocycles. The van der Waals surface area contributed by atoms with Crippen LogP contribution < -0.4 is 5.32 Å². The molecule has 0 aliphatic heterocycles. The van der Waals surface area contributed by atoms with Crippen molar-refractivity contribution < 1.29 is 0 Å². The lowest BCUT2D eigenvalue weighted by atomic mass is 10.1. The van der Waals surface area contributed by atoms with E-state index in [2.05, 4.69) is 72.5 Å². The Morgan fingerprint density at radius 1 is 1.05 bits per heavy atom. The largest absolute Gasteiger partial charge is 0.370 e. The molecule has 20 heavy (non-hydrogen) atoms. The third kappa shape index (κ3) is 4.35. The van der Waals surface area contributed by atoms with Gasteiger partial charge in [0.15, 0.2) is 0 Å². The standard InChI is InChI=1S/C17H23N3/c1-4-18-17-11-16(9-10-19-17)13-20(3)12-15-7-5-14(2)6-8-15/h5-11H,4,12-13H2,1-3H3,(H,18,19). The first kappa shape index (κ1) is 14.5. The van der Waals surface area contributed by atoms with Gasteiger partial charge >= 0.3 is 0 Å². The molecule has 0 saturated carbocycles. The van der Waals surface area contributed by atoms with E-state index in [0.717, 1.165) is 25.5 Å². The van der Waals surface area contributed by atoms with Crippen molar-refractivity contribution in [2.75, 3.05) is 18.9 Å². The van der Waals surface area contributed by atoms with Crippen LogP contribution in [-0.2, 0) is 13.1 Å². The fourth-order valence-electron chi connectivity index (χ4n) is 2.22. The van der Waals surface area contributed by atoms with Crippen molar-refractivity contribution in [1.29, 1.82) is 0 Å². The molecule has 0 atom stereocenters. The maximum Gasteiger partial charge on any atom is 0.126 e. The molecule has 2 aromatic rings. The minimum atomic E-state index is 0.898. The van der Waals surface area contributed by atoms with E-state index >= 15 is 0 Å². The van der Waals surface area contributed by atoms with Gasteiger partial charge in [-0.2, -0.15) is 0 Å². The Kier molecular flexibility index (Phi) is 5.13. The molecule has 0 fully saturated rings. The van der Waals surface area contributed by atoms with E-state index < -0.39 is 0 Å². The van der Waals surface area contributed by atoms with Crippen molar-refractivity contribution in [3.05, 3.63) is 59.3 Å². The van der Waals surface area contributed by atoms with Crippen molar-refractivity contribution >= 4 is 5.82 Å². The van der Waals surface area contributed by atoms with Crippen LogP contribution in [-0.4, -0.2) is 23.5 Å². The Hall–Kier alpha value is -1.87.